The van der Waals surface area contributed by atoms with Gasteiger partial charge in [0, 0.05) is 11.8 Å². The third-order valence-electron chi connectivity index (χ3n) is 2.17. The summed E-state index contributed by atoms with van der Waals surface area (Å²) < 4.78 is 54.1. The van der Waals surface area contributed by atoms with Gasteiger partial charge in [-0.25, -0.2) is 4.39 Å². The normalized spacial score (nSPS) is 13.4. The average molecular weight is 297 g/mol. The lowest BCUT2D eigenvalue weighted by Crippen LogP contribution is -2.18. The van der Waals surface area contributed by atoms with Crippen LogP contribution < -0.4 is 10.5 Å². The van der Waals surface area contributed by atoms with E-state index in [0.29, 0.717) is 17.7 Å². The summed E-state index contributed by atoms with van der Waals surface area (Å²) in [6, 6.07) is 3.71. The number of nitrogens with two attached hydrogens (primary N) is 1. The Labute approximate surface area is 113 Å². The number of hydrogen-bond donors (Lipinski definition) is 1. The fourth-order valence-corrected chi connectivity index (χ4v) is 1.90. The molecule has 0 aliphatic rings. The molecule has 1 rings (SSSR count). The molecule has 19 heavy (non-hydrogen) atoms. The summed E-state index contributed by atoms with van der Waals surface area (Å²) in [6.45, 7) is 1.66. The van der Waals surface area contributed by atoms with Crippen molar-refractivity contribution in [2.24, 2.45) is 5.73 Å². The van der Waals surface area contributed by atoms with E-state index in [2.05, 4.69) is 0 Å². The lowest BCUT2D eigenvalue weighted by Gasteiger charge is -2.13. The van der Waals surface area contributed by atoms with Crippen LogP contribution in [0.25, 0.3) is 0 Å². The zero-order valence-electron chi connectivity index (χ0n) is 10.3. The molecule has 0 saturated carbocycles. The second-order valence-corrected chi connectivity index (χ2v) is 5.24. The third kappa shape index (κ3) is 6.68. The fourth-order valence-electron chi connectivity index (χ4n) is 1.50. The first kappa shape index (κ1) is 16.1. The van der Waals surface area contributed by atoms with E-state index in [1.54, 1.807) is 6.92 Å². The maximum absolute atomic E-state index is 13.1. The highest BCUT2D eigenvalue weighted by Crippen LogP contribution is 2.30. The molecule has 108 valence electrons. The summed E-state index contributed by atoms with van der Waals surface area (Å²) in [5.41, 5.74) is 1.92. The van der Waals surface area contributed by atoms with E-state index in [1.807, 2.05) is 0 Å². The van der Waals surface area contributed by atoms with Crippen molar-refractivity contribution in [1.29, 1.82) is 0 Å². The highest BCUT2D eigenvalue weighted by atomic mass is 32.2. The summed E-state index contributed by atoms with van der Waals surface area (Å²) in [4.78, 5) is 0. The van der Waals surface area contributed by atoms with Gasteiger partial charge in [0.05, 0.1) is 6.61 Å². The maximum atomic E-state index is 13.1. The van der Waals surface area contributed by atoms with Crippen LogP contribution in [0.2, 0.25) is 0 Å². The van der Waals surface area contributed by atoms with Crippen LogP contribution in [0, 0.1) is 5.82 Å². The van der Waals surface area contributed by atoms with Crippen LogP contribution in [0.1, 0.15) is 12.5 Å². The van der Waals surface area contributed by atoms with E-state index in [9.17, 15) is 17.6 Å². The monoisotopic (exact) mass is 297 g/mol. The Morgan fingerprint density at radius 1 is 1.37 bits per heavy atom. The highest BCUT2D eigenvalue weighted by Gasteiger charge is 2.27. The number of halogens is 4. The first-order chi connectivity index (χ1) is 8.78. The number of alkyl halides is 3. The topological polar surface area (TPSA) is 35.2 Å². The Bertz CT molecular complexity index is 409. The Hall–Kier alpha value is -0.950. The van der Waals surface area contributed by atoms with Gasteiger partial charge in [0.25, 0.3) is 0 Å². The number of benzene rings is 1. The smallest absolute Gasteiger partial charge is 0.441 e. The number of ether oxygens (including phenoxy) is 1. The summed E-state index contributed by atoms with van der Waals surface area (Å²) in [5.74, 6) is -0.257. The summed E-state index contributed by atoms with van der Waals surface area (Å²) in [5, 5.41) is 0. The molecular weight excluding hydrogens is 282 g/mol. The first-order valence-corrected chi connectivity index (χ1v) is 6.64. The van der Waals surface area contributed by atoms with Crippen molar-refractivity contribution < 1.29 is 22.3 Å². The van der Waals surface area contributed by atoms with Crippen LogP contribution in [0.15, 0.2) is 18.2 Å². The van der Waals surface area contributed by atoms with Crippen molar-refractivity contribution >= 4 is 11.8 Å². The van der Waals surface area contributed by atoms with E-state index in [1.165, 1.54) is 18.2 Å². The molecule has 0 heterocycles. The molecule has 0 aliphatic carbocycles. The lowest BCUT2D eigenvalue weighted by atomic mass is 10.1. The van der Waals surface area contributed by atoms with Crippen LogP contribution >= 0.6 is 11.8 Å². The molecule has 1 unspecified atom stereocenters. The molecule has 0 saturated heterocycles. The summed E-state index contributed by atoms with van der Waals surface area (Å²) in [7, 11) is 0. The number of hydrogen-bond acceptors (Lipinski definition) is 3. The molecule has 0 aromatic heterocycles. The van der Waals surface area contributed by atoms with Gasteiger partial charge in [-0.3, -0.25) is 0 Å². The van der Waals surface area contributed by atoms with Crippen molar-refractivity contribution in [2.75, 3.05) is 12.4 Å². The van der Waals surface area contributed by atoms with Crippen molar-refractivity contribution in [3.05, 3.63) is 29.6 Å². The average Bonchev–Trinajstić information content (AvgIpc) is 2.24. The maximum Gasteiger partial charge on any atom is 0.441 e. The highest BCUT2D eigenvalue weighted by molar-refractivity contribution is 8.00. The van der Waals surface area contributed by atoms with Crippen LogP contribution in [0.3, 0.4) is 0 Å². The molecule has 1 atom stereocenters. The van der Waals surface area contributed by atoms with E-state index >= 15 is 0 Å². The van der Waals surface area contributed by atoms with Gasteiger partial charge in [0.15, 0.2) is 0 Å². The van der Waals surface area contributed by atoms with Crippen molar-refractivity contribution in [1.82, 2.24) is 0 Å². The molecule has 0 radical (unpaired) electrons. The number of rotatable bonds is 6. The zero-order chi connectivity index (χ0) is 14.5. The lowest BCUT2D eigenvalue weighted by molar-refractivity contribution is -0.0329. The minimum atomic E-state index is -4.26. The second-order valence-electron chi connectivity index (χ2n) is 4.08. The Kier molecular flexibility index (Phi) is 5.93. The number of thioether (sulfide) groups is 1. The van der Waals surface area contributed by atoms with Gasteiger partial charge in [-0.15, -0.1) is 0 Å². The molecule has 0 aliphatic heterocycles. The molecule has 1 aromatic carbocycles. The SMILES string of the molecule is CC(N)Cc1cc(F)ccc1OCCSC(F)(F)F. The zero-order valence-corrected chi connectivity index (χ0v) is 11.2. The van der Waals surface area contributed by atoms with Gasteiger partial charge < -0.3 is 10.5 Å². The van der Waals surface area contributed by atoms with Crippen LogP contribution in [-0.2, 0) is 6.42 Å². The van der Waals surface area contributed by atoms with Crippen LogP contribution in [-0.4, -0.2) is 23.9 Å². The van der Waals surface area contributed by atoms with Gasteiger partial charge in [-0.2, -0.15) is 13.2 Å². The molecule has 0 bridgehead atoms. The van der Waals surface area contributed by atoms with Crippen molar-refractivity contribution in [2.45, 2.75) is 24.9 Å². The molecule has 0 spiro atoms. The van der Waals surface area contributed by atoms with E-state index in [0.717, 1.165) is 0 Å². The fraction of sp³-hybridized carbons (Fsp3) is 0.500. The minimum absolute atomic E-state index is 0.0955. The molecule has 2 nitrogen and oxygen atoms in total. The van der Waals surface area contributed by atoms with Gasteiger partial charge in [-0.1, -0.05) is 0 Å². The van der Waals surface area contributed by atoms with Gasteiger partial charge in [0.1, 0.15) is 11.6 Å². The Morgan fingerprint density at radius 3 is 2.63 bits per heavy atom. The molecule has 1 aromatic rings. The van der Waals surface area contributed by atoms with Gasteiger partial charge in [0.2, 0.25) is 0 Å². The Balaban J connectivity index is 2.57. The van der Waals surface area contributed by atoms with E-state index in [4.69, 9.17) is 10.5 Å². The van der Waals surface area contributed by atoms with Gasteiger partial charge in [-0.05, 0) is 48.9 Å². The van der Waals surface area contributed by atoms with Crippen LogP contribution in [0.5, 0.6) is 5.75 Å². The standard InChI is InChI=1S/C12H15F4NOS/c1-8(17)6-9-7-10(13)2-3-11(9)18-4-5-19-12(14,15)16/h2-3,7-8H,4-6,17H2,1H3. The quantitative estimate of drug-likeness (QED) is 0.646. The minimum Gasteiger partial charge on any atom is -0.492 e. The first-order valence-electron chi connectivity index (χ1n) is 5.65. The van der Waals surface area contributed by atoms with E-state index < -0.39 is 11.3 Å². The van der Waals surface area contributed by atoms with Crippen LogP contribution in [0.4, 0.5) is 17.6 Å². The van der Waals surface area contributed by atoms with Crippen molar-refractivity contribution in [3.8, 4) is 5.75 Å². The predicted molar refractivity (Wildman–Crippen MR) is 67.8 cm³/mol. The van der Waals surface area contributed by atoms with E-state index in [-0.39, 0.29) is 30.2 Å². The predicted octanol–water partition coefficient (Wildman–Crippen LogP) is 3.35. The molecule has 0 amide bonds. The van der Waals surface area contributed by atoms with Crippen molar-refractivity contribution in [3.63, 3.8) is 0 Å². The van der Waals surface area contributed by atoms with Gasteiger partial charge >= 0.3 is 5.51 Å². The summed E-state index contributed by atoms with van der Waals surface area (Å²) in [6.07, 6.45) is 0.402. The third-order valence-corrected chi connectivity index (χ3v) is 2.87. The molecule has 2 N–H and O–H groups in total. The second kappa shape index (κ2) is 7.00. The molecule has 0 fully saturated rings. The Morgan fingerprint density at radius 2 is 2.05 bits per heavy atom. The summed E-state index contributed by atoms with van der Waals surface area (Å²) >= 11 is -0.148. The molecular formula is C12H15F4NOS. The molecule has 7 heteroatoms. The largest absolute Gasteiger partial charge is 0.492 e.